The molecule has 0 heterocycles. The van der Waals surface area contributed by atoms with Crippen LogP contribution in [0.1, 0.15) is 226 Å². The maximum absolute atomic E-state index is 12.9. The van der Waals surface area contributed by atoms with Gasteiger partial charge in [0.15, 0.2) is 6.10 Å². The van der Waals surface area contributed by atoms with Crippen molar-refractivity contribution < 1.29 is 28.6 Å². The summed E-state index contributed by atoms with van der Waals surface area (Å²) in [5.41, 5.74) is 0. The summed E-state index contributed by atoms with van der Waals surface area (Å²) >= 11 is 0. The quantitative estimate of drug-likeness (QED) is 0.0261. The summed E-state index contributed by atoms with van der Waals surface area (Å²) in [4.78, 5) is 38.3. The lowest BCUT2D eigenvalue weighted by atomic mass is 10.1. The zero-order valence-corrected chi connectivity index (χ0v) is 51.2. The Labute approximate surface area is 496 Å². The van der Waals surface area contributed by atoms with Gasteiger partial charge in [0.05, 0.1) is 0 Å². The van der Waals surface area contributed by atoms with Gasteiger partial charge in [-0.1, -0.05) is 259 Å². The molecule has 0 radical (unpaired) electrons. The number of carbonyl (C=O) groups excluding carboxylic acids is 3. The van der Waals surface area contributed by atoms with E-state index in [2.05, 4.69) is 215 Å². The van der Waals surface area contributed by atoms with E-state index in [1.165, 1.54) is 0 Å². The van der Waals surface area contributed by atoms with Crippen molar-refractivity contribution >= 4 is 17.9 Å². The molecule has 0 saturated carbocycles. The molecule has 0 aliphatic rings. The molecule has 0 aliphatic carbocycles. The first kappa shape index (κ1) is 75.0. The van der Waals surface area contributed by atoms with Crippen LogP contribution in [-0.4, -0.2) is 37.2 Å². The Kier molecular flexibility index (Phi) is 61.6. The normalized spacial score (nSPS) is 13.6. The number of hydrogen-bond acceptors (Lipinski definition) is 6. The Bertz CT molecular complexity index is 2000. The molecule has 448 valence electrons. The molecule has 0 aliphatic heterocycles. The number of hydrogen-bond donors (Lipinski definition) is 0. The van der Waals surface area contributed by atoms with Crippen molar-refractivity contribution in [2.45, 2.75) is 232 Å². The number of ether oxygens (including phenoxy) is 3. The molecule has 0 rings (SSSR count). The maximum atomic E-state index is 12.9. The van der Waals surface area contributed by atoms with Crippen LogP contribution in [0.5, 0.6) is 0 Å². The standard InChI is InChI=1S/C75H112O6/c1-4-7-10-13-16-19-22-25-28-30-32-33-34-35-36-37-38-39-40-41-43-44-47-50-53-56-59-62-65-68-74(77)80-71-72(70-79-73(76)67-64-61-58-55-52-49-46-27-24-21-18-15-12-9-6-3)81-75(78)69-66-63-60-57-54-51-48-45-42-31-29-26-23-20-17-14-11-8-5-2/h7-12,16-21,25-29,32-33,35-36,38-39,41-43,45-47,50-51,54,60,63,72H,4-6,13-15,22-24,30-31,34,37,40,44,48-49,52-53,55-59,61-62,64-71H2,1-3H3/b10-7-,11-8-,12-9-,19-16-,20-17-,21-18-,28-25-,29-26-,33-32-,36-35-,39-38-,43-41-,45-42-,46-27-,50-47-,54-51-,63-60-. The predicted octanol–water partition coefficient (Wildman–Crippen LogP) is 22.0. The third-order valence-electron chi connectivity index (χ3n) is 12.3. The monoisotopic (exact) mass is 1110 g/mol. The topological polar surface area (TPSA) is 78.9 Å². The summed E-state index contributed by atoms with van der Waals surface area (Å²) in [6.07, 6.45) is 103. The highest BCUT2D eigenvalue weighted by molar-refractivity contribution is 5.71. The summed E-state index contributed by atoms with van der Waals surface area (Å²) < 4.78 is 16.8. The maximum Gasteiger partial charge on any atom is 0.306 e. The Morgan fingerprint density at radius 1 is 0.247 bits per heavy atom. The van der Waals surface area contributed by atoms with E-state index in [1.54, 1.807) is 0 Å². The van der Waals surface area contributed by atoms with E-state index < -0.39 is 12.1 Å². The van der Waals surface area contributed by atoms with Crippen molar-refractivity contribution in [1.29, 1.82) is 0 Å². The van der Waals surface area contributed by atoms with Crippen molar-refractivity contribution in [2.75, 3.05) is 13.2 Å². The van der Waals surface area contributed by atoms with Crippen LogP contribution in [0.2, 0.25) is 0 Å². The largest absolute Gasteiger partial charge is 0.462 e. The van der Waals surface area contributed by atoms with E-state index in [9.17, 15) is 14.4 Å². The highest BCUT2D eigenvalue weighted by Gasteiger charge is 2.19. The molecule has 6 heteroatoms. The van der Waals surface area contributed by atoms with E-state index in [0.717, 1.165) is 180 Å². The molecule has 0 amide bonds. The summed E-state index contributed by atoms with van der Waals surface area (Å²) in [7, 11) is 0. The Morgan fingerprint density at radius 2 is 0.469 bits per heavy atom. The van der Waals surface area contributed by atoms with Crippen molar-refractivity contribution in [3.8, 4) is 0 Å². The van der Waals surface area contributed by atoms with Crippen LogP contribution in [0.3, 0.4) is 0 Å². The number of carbonyl (C=O) groups is 3. The number of esters is 3. The van der Waals surface area contributed by atoms with Crippen LogP contribution in [0, 0.1) is 0 Å². The molecular weight excluding hydrogens is 997 g/mol. The van der Waals surface area contributed by atoms with E-state index in [4.69, 9.17) is 14.2 Å². The average molecular weight is 1110 g/mol. The first-order valence-electron chi connectivity index (χ1n) is 31.6. The van der Waals surface area contributed by atoms with Gasteiger partial charge in [-0.05, 0) is 154 Å². The zero-order valence-electron chi connectivity index (χ0n) is 51.2. The van der Waals surface area contributed by atoms with Gasteiger partial charge in [0, 0.05) is 19.3 Å². The molecular formula is C75H112O6. The zero-order chi connectivity index (χ0) is 58.5. The Morgan fingerprint density at radius 3 is 0.741 bits per heavy atom. The van der Waals surface area contributed by atoms with Gasteiger partial charge < -0.3 is 14.2 Å². The van der Waals surface area contributed by atoms with Crippen molar-refractivity contribution in [3.63, 3.8) is 0 Å². The summed E-state index contributed by atoms with van der Waals surface area (Å²) in [6, 6.07) is 0. The van der Waals surface area contributed by atoms with Gasteiger partial charge in [0.1, 0.15) is 13.2 Å². The average Bonchev–Trinajstić information content (AvgIpc) is 3.47. The van der Waals surface area contributed by atoms with E-state index in [-0.39, 0.29) is 31.6 Å². The number of unbranched alkanes of at least 4 members (excludes halogenated alkanes) is 9. The van der Waals surface area contributed by atoms with Crippen LogP contribution in [0.4, 0.5) is 0 Å². The second-order valence-electron chi connectivity index (χ2n) is 19.8. The lowest BCUT2D eigenvalue weighted by Crippen LogP contribution is -2.30. The van der Waals surface area contributed by atoms with Crippen molar-refractivity contribution in [1.82, 2.24) is 0 Å². The van der Waals surface area contributed by atoms with Gasteiger partial charge in [-0.25, -0.2) is 0 Å². The van der Waals surface area contributed by atoms with Crippen LogP contribution >= 0.6 is 0 Å². The SMILES string of the molecule is CC/C=C\C/C=C\C/C=C\C/C=C\C/C=C\C/C=C\C/C=C\C/C=C\CCCCCCC(=O)OCC(COC(=O)CCCCCCC/C=C\C/C=C\C/C=C\CC)OC(=O)CC/C=C\C/C=C\C/C=C\C/C=C\C/C=C\C/C=C\CC. The molecule has 0 spiro atoms. The molecule has 0 fully saturated rings. The third kappa shape index (κ3) is 64.7. The number of allylic oxidation sites excluding steroid dienone is 34. The van der Waals surface area contributed by atoms with Gasteiger partial charge in [-0.15, -0.1) is 0 Å². The smallest absolute Gasteiger partial charge is 0.306 e. The minimum absolute atomic E-state index is 0.137. The summed E-state index contributed by atoms with van der Waals surface area (Å²) in [5, 5.41) is 0. The number of rotatable bonds is 54. The minimum Gasteiger partial charge on any atom is -0.462 e. The summed E-state index contributed by atoms with van der Waals surface area (Å²) in [6.45, 7) is 6.18. The van der Waals surface area contributed by atoms with Gasteiger partial charge >= 0.3 is 17.9 Å². The van der Waals surface area contributed by atoms with Gasteiger partial charge in [-0.3, -0.25) is 14.4 Å². The second-order valence-corrected chi connectivity index (χ2v) is 19.8. The molecule has 0 saturated heterocycles. The van der Waals surface area contributed by atoms with Crippen LogP contribution in [0.25, 0.3) is 0 Å². The molecule has 0 aromatic heterocycles. The second kappa shape index (κ2) is 66.5. The summed E-state index contributed by atoms with van der Waals surface area (Å²) in [5.74, 6) is -1.08. The molecule has 81 heavy (non-hydrogen) atoms. The van der Waals surface area contributed by atoms with Crippen LogP contribution < -0.4 is 0 Å². The van der Waals surface area contributed by atoms with E-state index >= 15 is 0 Å². The Balaban J connectivity index is 4.56. The molecule has 1 unspecified atom stereocenters. The van der Waals surface area contributed by atoms with Crippen LogP contribution in [-0.2, 0) is 28.6 Å². The lowest BCUT2D eigenvalue weighted by molar-refractivity contribution is -0.166. The highest BCUT2D eigenvalue weighted by Crippen LogP contribution is 2.12. The molecule has 0 aromatic rings. The third-order valence-corrected chi connectivity index (χ3v) is 12.3. The van der Waals surface area contributed by atoms with Crippen LogP contribution in [0.15, 0.2) is 207 Å². The molecule has 1 atom stereocenters. The highest BCUT2D eigenvalue weighted by atomic mass is 16.6. The van der Waals surface area contributed by atoms with E-state index in [1.807, 2.05) is 12.2 Å². The Hall–Kier alpha value is -6.01. The van der Waals surface area contributed by atoms with Gasteiger partial charge in [0.2, 0.25) is 0 Å². The first-order chi connectivity index (χ1) is 40.0. The van der Waals surface area contributed by atoms with E-state index in [0.29, 0.717) is 19.3 Å². The minimum atomic E-state index is -0.851. The van der Waals surface area contributed by atoms with Gasteiger partial charge in [0.25, 0.3) is 0 Å². The van der Waals surface area contributed by atoms with Crippen molar-refractivity contribution in [3.05, 3.63) is 207 Å². The fourth-order valence-corrected chi connectivity index (χ4v) is 7.67. The molecule has 0 aromatic carbocycles. The van der Waals surface area contributed by atoms with Gasteiger partial charge in [-0.2, -0.15) is 0 Å². The predicted molar refractivity (Wildman–Crippen MR) is 352 cm³/mol. The lowest BCUT2D eigenvalue weighted by Gasteiger charge is -2.18. The fraction of sp³-hybridized carbons (Fsp3) is 0.507. The molecule has 6 nitrogen and oxygen atoms in total. The molecule has 0 N–H and O–H groups in total. The molecule has 0 bridgehead atoms. The fourth-order valence-electron chi connectivity index (χ4n) is 7.67. The van der Waals surface area contributed by atoms with Crippen molar-refractivity contribution in [2.24, 2.45) is 0 Å². The first-order valence-corrected chi connectivity index (χ1v) is 31.6.